The molecule has 0 unspecified atom stereocenters. The van der Waals surface area contributed by atoms with Crippen molar-refractivity contribution in [2.75, 3.05) is 19.5 Å². The normalized spacial score (nSPS) is 10.6. The van der Waals surface area contributed by atoms with Crippen LogP contribution < -0.4 is 22.3 Å². The van der Waals surface area contributed by atoms with Crippen molar-refractivity contribution >= 4 is 23.3 Å². The van der Waals surface area contributed by atoms with Crippen molar-refractivity contribution in [3.63, 3.8) is 0 Å². The van der Waals surface area contributed by atoms with Gasteiger partial charge in [0.1, 0.15) is 12.4 Å². The number of methoxy groups -OCH3 is 1. The highest BCUT2D eigenvalue weighted by Crippen LogP contribution is 2.14. The minimum Gasteiger partial charge on any atom is -0.385 e. The van der Waals surface area contributed by atoms with Crippen molar-refractivity contribution in [3.8, 4) is 0 Å². The van der Waals surface area contributed by atoms with E-state index in [0.29, 0.717) is 5.02 Å². The minimum atomic E-state index is -0.657. The number of nitrogens with two attached hydrogens (primary N) is 1. The average Bonchev–Trinajstić information content (AvgIpc) is 2.57. The van der Waals surface area contributed by atoms with Gasteiger partial charge < -0.3 is 15.8 Å². The van der Waals surface area contributed by atoms with Crippen LogP contribution in [-0.2, 0) is 29.2 Å². The van der Waals surface area contributed by atoms with Gasteiger partial charge in [-0.05, 0) is 11.6 Å². The first-order chi connectivity index (χ1) is 11.9. The molecule has 0 saturated heterocycles. The highest BCUT2D eigenvalue weighted by Gasteiger charge is 2.13. The maximum Gasteiger partial charge on any atom is 0.333 e. The Balaban J connectivity index is 2.14. The van der Waals surface area contributed by atoms with Crippen molar-refractivity contribution in [1.82, 2.24) is 14.5 Å². The van der Waals surface area contributed by atoms with Crippen LogP contribution in [0.4, 0.5) is 5.82 Å². The van der Waals surface area contributed by atoms with Crippen LogP contribution in [0, 0.1) is 0 Å². The van der Waals surface area contributed by atoms with Gasteiger partial charge in [-0.2, -0.15) is 0 Å². The topological polar surface area (TPSA) is 108 Å². The summed E-state index contributed by atoms with van der Waals surface area (Å²) in [4.78, 5) is 36.5. The van der Waals surface area contributed by atoms with Crippen LogP contribution in [0.3, 0.4) is 0 Å². The number of carbonyl (C=O) groups excluding carboxylic acids is 1. The maximum absolute atomic E-state index is 12.4. The van der Waals surface area contributed by atoms with Crippen molar-refractivity contribution in [2.45, 2.75) is 19.6 Å². The second-order valence-electron chi connectivity index (χ2n) is 5.29. The van der Waals surface area contributed by atoms with Gasteiger partial charge in [0.05, 0.1) is 13.2 Å². The molecule has 134 valence electrons. The zero-order valence-corrected chi connectivity index (χ0v) is 14.5. The summed E-state index contributed by atoms with van der Waals surface area (Å²) in [6, 6.07) is 8.17. The molecule has 2 rings (SSSR count). The summed E-state index contributed by atoms with van der Waals surface area (Å²) < 4.78 is 6.93. The van der Waals surface area contributed by atoms with E-state index in [9.17, 15) is 14.4 Å². The Labute approximate surface area is 148 Å². The molecule has 0 atom stereocenters. The highest BCUT2D eigenvalue weighted by molar-refractivity contribution is 6.31. The molecule has 0 spiro atoms. The second-order valence-corrected chi connectivity index (χ2v) is 5.70. The summed E-state index contributed by atoms with van der Waals surface area (Å²) in [5.74, 6) is -0.457. The molecule has 25 heavy (non-hydrogen) atoms. The Kier molecular flexibility index (Phi) is 6.37. The molecule has 3 N–H and O–H groups in total. The van der Waals surface area contributed by atoms with Gasteiger partial charge >= 0.3 is 5.69 Å². The van der Waals surface area contributed by atoms with E-state index in [1.54, 1.807) is 24.3 Å². The summed E-state index contributed by atoms with van der Waals surface area (Å²) >= 11 is 6.02. The quantitative estimate of drug-likeness (QED) is 0.728. The van der Waals surface area contributed by atoms with Gasteiger partial charge in [0.2, 0.25) is 5.91 Å². The lowest BCUT2D eigenvalue weighted by Crippen LogP contribution is -2.44. The van der Waals surface area contributed by atoms with Crippen LogP contribution in [0.25, 0.3) is 0 Å². The molecule has 0 saturated carbocycles. The van der Waals surface area contributed by atoms with Crippen LogP contribution in [0.15, 0.2) is 39.9 Å². The molecule has 8 nitrogen and oxygen atoms in total. The fourth-order valence-corrected chi connectivity index (χ4v) is 2.42. The number of hydrogen-bond donors (Lipinski definition) is 2. The van der Waals surface area contributed by atoms with Gasteiger partial charge in [0.25, 0.3) is 5.56 Å². The van der Waals surface area contributed by atoms with E-state index in [0.717, 1.165) is 16.2 Å². The van der Waals surface area contributed by atoms with E-state index in [4.69, 9.17) is 22.1 Å². The number of aromatic nitrogens is 2. The number of nitrogen functional groups attached to an aromatic ring is 1. The summed E-state index contributed by atoms with van der Waals surface area (Å²) in [6.45, 7) is 0.221. The van der Waals surface area contributed by atoms with E-state index >= 15 is 0 Å². The van der Waals surface area contributed by atoms with Crippen LogP contribution >= 0.6 is 11.6 Å². The Bertz CT molecular complexity index is 875. The molecule has 0 fully saturated rings. The van der Waals surface area contributed by atoms with Crippen molar-refractivity contribution in [1.29, 1.82) is 0 Å². The number of benzene rings is 1. The van der Waals surface area contributed by atoms with Gasteiger partial charge in [0.15, 0.2) is 0 Å². The van der Waals surface area contributed by atoms with Gasteiger partial charge in [-0.25, -0.2) is 4.79 Å². The fourth-order valence-electron chi connectivity index (χ4n) is 2.22. The largest absolute Gasteiger partial charge is 0.385 e. The molecule has 1 aromatic heterocycles. The molecule has 1 amide bonds. The molecule has 0 radical (unpaired) electrons. The van der Waals surface area contributed by atoms with Crippen LogP contribution in [0.2, 0.25) is 5.02 Å². The van der Waals surface area contributed by atoms with Crippen molar-refractivity contribution < 1.29 is 9.53 Å². The van der Waals surface area contributed by atoms with Crippen LogP contribution in [0.1, 0.15) is 5.56 Å². The minimum absolute atomic E-state index is 0.0276. The second kappa shape index (κ2) is 8.50. The number of anilines is 1. The van der Waals surface area contributed by atoms with Gasteiger partial charge in [-0.15, -0.1) is 0 Å². The summed E-state index contributed by atoms with van der Waals surface area (Å²) in [6.07, 6.45) is 0. The molecular weight excluding hydrogens is 348 g/mol. The first-order valence-electron chi connectivity index (χ1n) is 7.53. The van der Waals surface area contributed by atoms with Crippen molar-refractivity contribution in [2.24, 2.45) is 0 Å². The van der Waals surface area contributed by atoms with E-state index in [-0.39, 0.29) is 25.5 Å². The molecule has 0 bridgehead atoms. The fraction of sp³-hybridized carbons (Fsp3) is 0.312. The number of nitrogens with zero attached hydrogens (tertiary/aromatic N) is 2. The molecule has 2 aromatic rings. The standard InChI is InChI=1S/C16H19ClN4O4/c1-25-7-6-20-13(18)8-15(23)21(16(20)24)10-14(22)19-9-11-4-2-3-5-12(11)17/h2-5,8H,6-7,9-10,18H2,1H3,(H,19,22). The molecule has 9 heteroatoms. The first-order valence-corrected chi connectivity index (χ1v) is 7.91. The number of halogens is 1. The lowest BCUT2D eigenvalue weighted by atomic mass is 10.2. The van der Waals surface area contributed by atoms with E-state index in [2.05, 4.69) is 5.32 Å². The van der Waals surface area contributed by atoms with Crippen molar-refractivity contribution in [3.05, 3.63) is 61.8 Å². The van der Waals surface area contributed by atoms with Gasteiger partial charge in [-0.1, -0.05) is 29.8 Å². The number of nitrogens with one attached hydrogen (secondary N) is 1. The average molecular weight is 367 g/mol. The molecule has 0 aliphatic heterocycles. The predicted molar refractivity (Wildman–Crippen MR) is 94.5 cm³/mol. The Morgan fingerprint density at radius 3 is 2.68 bits per heavy atom. The van der Waals surface area contributed by atoms with Crippen LogP contribution in [0.5, 0.6) is 0 Å². The lowest BCUT2D eigenvalue weighted by molar-refractivity contribution is -0.121. The van der Waals surface area contributed by atoms with E-state index in [1.807, 2.05) is 0 Å². The summed E-state index contributed by atoms with van der Waals surface area (Å²) in [7, 11) is 1.49. The number of carbonyl (C=O) groups is 1. The summed E-state index contributed by atoms with van der Waals surface area (Å²) in [5, 5.41) is 3.16. The summed E-state index contributed by atoms with van der Waals surface area (Å²) in [5.41, 5.74) is 5.14. The third-order valence-corrected chi connectivity index (χ3v) is 3.93. The first kappa shape index (κ1) is 18.8. The predicted octanol–water partition coefficient (Wildman–Crippen LogP) is 0.208. The molecule has 0 aliphatic carbocycles. The molecular formula is C16H19ClN4O4. The zero-order chi connectivity index (χ0) is 18.4. The number of rotatable bonds is 7. The molecule has 1 heterocycles. The van der Waals surface area contributed by atoms with Gasteiger partial charge in [-0.3, -0.25) is 18.7 Å². The SMILES string of the molecule is COCCn1c(N)cc(=O)n(CC(=O)NCc2ccccc2Cl)c1=O. The smallest absolute Gasteiger partial charge is 0.333 e. The molecule has 0 aliphatic rings. The monoisotopic (exact) mass is 366 g/mol. The third kappa shape index (κ3) is 4.71. The Morgan fingerprint density at radius 1 is 1.28 bits per heavy atom. The Morgan fingerprint density at radius 2 is 2.00 bits per heavy atom. The highest BCUT2D eigenvalue weighted by atomic mass is 35.5. The van der Waals surface area contributed by atoms with E-state index in [1.165, 1.54) is 11.7 Å². The Hall–Kier alpha value is -2.58. The van der Waals surface area contributed by atoms with E-state index < -0.39 is 23.7 Å². The van der Waals surface area contributed by atoms with Crippen LogP contribution in [-0.4, -0.2) is 28.8 Å². The zero-order valence-electron chi connectivity index (χ0n) is 13.7. The molecule has 1 aromatic carbocycles. The number of amides is 1. The maximum atomic E-state index is 12.4. The third-order valence-electron chi connectivity index (χ3n) is 3.57. The lowest BCUT2D eigenvalue weighted by Gasteiger charge is -2.12. The van der Waals surface area contributed by atoms with Gasteiger partial charge in [0, 0.05) is 24.7 Å². The number of ether oxygens (including phenoxy) is 1. The number of hydrogen-bond acceptors (Lipinski definition) is 5.